The van der Waals surface area contributed by atoms with E-state index in [-0.39, 0.29) is 30.1 Å². The van der Waals surface area contributed by atoms with Gasteiger partial charge in [0.15, 0.2) is 0 Å². The predicted molar refractivity (Wildman–Crippen MR) is 129 cm³/mol. The van der Waals surface area contributed by atoms with Crippen LogP contribution in [0.25, 0.3) is 6.08 Å². The quantitative estimate of drug-likeness (QED) is 0.267. The normalized spacial score (nSPS) is 14.5. The van der Waals surface area contributed by atoms with E-state index >= 15 is 0 Å². The number of hydrogen-bond acceptors (Lipinski definition) is 7. The van der Waals surface area contributed by atoms with Crippen molar-refractivity contribution in [3.63, 3.8) is 0 Å². The third kappa shape index (κ3) is 6.46. The third-order valence-corrected chi connectivity index (χ3v) is 6.07. The van der Waals surface area contributed by atoms with E-state index < -0.39 is 16.7 Å². The highest BCUT2D eigenvalue weighted by atomic mass is 32.2. The molecule has 0 bridgehead atoms. The molecule has 0 aromatic heterocycles. The summed E-state index contributed by atoms with van der Waals surface area (Å²) >= 11 is 6.53. The number of carbonyl (C=O) groups is 3. The lowest BCUT2D eigenvalue weighted by atomic mass is 10.1. The molecule has 1 fully saturated rings. The maximum Gasteiger partial charge on any atom is 0.269 e. The van der Waals surface area contributed by atoms with E-state index in [1.54, 1.807) is 6.08 Å². The fourth-order valence-corrected chi connectivity index (χ4v) is 4.21. The molecule has 1 aliphatic rings. The molecule has 2 aromatic rings. The van der Waals surface area contributed by atoms with Crippen LogP contribution >= 0.6 is 24.0 Å². The Morgan fingerprint density at radius 1 is 1.12 bits per heavy atom. The van der Waals surface area contributed by atoms with Crippen molar-refractivity contribution in [1.29, 1.82) is 0 Å². The zero-order valence-corrected chi connectivity index (χ0v) is 19.2. The SMILES string of the molecule is Cc1ccc(/C=C2/SC(=S)N(CCCC(=O)NNC(=O)c3ccc([N+](=O)[O-])cc3)C2=O)cc1. The number of thioether (sulfide) groups is 1. The van der Waals surface area contributed by atoms with Gasteiger partial charge in [-0.25, -0.2) is 0 Å². The van der Waals surface area contributed by atoms with Crippen molar-refractivity contribution < 1.29 is 19.3 Å². The number of thiocarbonyl (C=S) groups is 1. The Labute approximate surface area is 199 Å². The molecule has 1 saturated heterocycles. The number of nitro groups is 1. The van der Waals surface area contributed by atoms with Gasteiger partial charge in [0.05, 0.1) is 9.83 Å². The van der Waals surface area contributed by atoms with Crippen molar-refractivity contribution >= 4 is 57.8 Å². The lowest BCUT2D eigenvalue weighted by molar-refractivity contribution is -0.384. The molecule has 11 heteroatoms. The van der Waals surface area contributed by atoms with Crippen LogP contribution in [0.3, 0.4) is 0 Å². The number of non-ortho nitro benzene ring substituents is 1. The molecule has 170 valence electrons. The van der Waals surface area contributed by atoms with Crippen LogP contribution in [-0.2, 0) is 9.59 Å². The van der Waals surface area contributed by atoms with E-state index in [2.05, 4.69) is 10.9 Å². The second-order valence-corrected chi connectivity index (χ2v) is 8.83. The van der Waals surface area contributed by atoms with Crippen LogP contribution in [0.2, 0.25) is 0 Å². The summed E-state index contributed by atoms with van der Waals surface area (Å²) < 4.78 is 0.435. The van der Waals surface area contributed by atoms with Crippen molar-refractivity contribution in [2.45, 2.75) is 19.8 Å². The lowest BCUT2D eigenvalue weighted by Crippen LogP contribution is -2.41. The van der Waals surface area contributed by atoms with Gasteiger partial charge in [0.1, 0.15) is 4.32 Å². The minimum Gasteiger partial charge on any atom is -0.293 e. The van der Waals surface area contributed by atoms with Crippen molar-refractivity contribution in [1.82, 2.24) is 15.8 Å². The third-order valence-electron chi connectivity index (χ3n) is 4.69. The van der Waals surface area contributed by atoms with Gasteiger partial charge in [-0.2, -0.15) is 0 Å². The van der Waals surface area contributed by atoms with Gasteiger partial charge in [-0.15, -0.1) is 0 Å². The molecule has 9 nitrogen and oxygen atoms in total. The van der Waals surface area contributed by atoms with Crippen LogP contribution in [0.5, 0.6) is 0 Å². The van der Waals surface area contributed by atoms with Crippen molar-refractivity contribution in [2.75, 3.05) is 6.54 Å². The predicted octanol–water partition coefficient (Wildman–Crippen LogP) is 3.35. The highest BCUT2D eigenvalue weighted by Crippen LogP contribution is 2.32. The molecule has 0 radical (unpaired) electrons. The minimum atomic E-state index is -0.601. The van der Waals surface area contributed by atoms with Gasteiger partial charge in [-0.1, -0.05) is 53.8 Å². The summed E-state index contributed by atoms with van der Waals surface area (Å²) in [4.78, 5) is 48.8. The summed E-state index contributed by atoms with van der Waals surface area (Å²) in [5.41, 5.74) is 6.60. The fourth-order valence-electron chi connectivity index (χ4n) is 2.90. The van der Waals surface area contributed by atoms with E-state index in [0.29, 0.717) is 15.6 Å². The van der Waals surface area contributed by atoms with Crippen molar-refractivity contribution in [3.05, 3.63) is 80.2 Å². The monoisotopic (exact) mass is 484 g/mol. The molecular weight excluding hydrogens is 464 g/mol. The molecule has 0 saturated carbocycles. The zero-order chi connectivity index (χ0) is 24.0. The summed E-state index contributed by atoms with van der Waals surface area (Å²) in [6.45, 7) is 2.26. The number of hydrazine groups is 1. The molecule has 0 atom stereocenters. The fraction of sp³-hybridized carbons (Fsp3) is 0.182. The molecule has 1 heterocycles. The second kappa shape index (κ2) is 10.8. The molecular formula is C22H20N4O5S2. The average Bonchev–Trinajstić information content (AvgIpc) is 3.06. The van der Waals surface area contributed by atoms with Crippen LogP contribution in [0, 0.1) is 17.0 Å². The first kappa shape index (κ1) is 24.1. The highest BCUT2D eigenvalue weighted by Gasteiger charge is 2.31. The van der Waals surface area contributed by atoms with Gasteiger partial charge in [-0.3, -0.25) is 40.2 Å². The number of hydrogen-bond donors (Lipinski definition) is 2. The van der Waals surface area contributed by atoms with E-state index in [4.69, 9.17) is 12.2 Å². The van der Waals surface area contributed by atoms with Crippen molar-refractivity contribution in [2.24, 2.45) is 0 Å². The molecule has 3 amide bonds. The zero-order valence-electron chi connectivity index (χ0n) is 17.6. The van der Waals surface area contributed by atoms with Gasteiger partial charge >= 0.3 is 0 Å². The van der Waals surface area contributed by atoms with E-state index in [1.165, 1.54) is 40.9 Å². The Morgan fingerprint density at radius 2 is 1.79 bits per heavy atom. The smallest absolute Gasteiger partial charge is 0.269 e. The van der Waals surface area contributed by atoms with E-state index in [1.807, 2.05) is 31.2 Å². The summed E-state index contributed by atoms with van der Waals surface area (Å²) in [6, 6.07) is 12.8. The lowest BCUT2D eigenvalue weighted by Gasteiger charge is -2.14. The van der Waals surface area contributed by atoms with Crippen LogP contribution in [-0.4, -0.2) is 38.4 Å². The maximum absolute atomic E-state index is 12.7. The number of amides is 3. The Kier molecular flexibility index (Phi) is 7.91. The molecule has 0 unspecified atom stereocenters. The van der Waals surface area contributed by atoms with E-state index in [9.17, 15) is 24.5 Å². The molecule has 3 rings (SSSR count). The molecule has 2 aromatic carbocycles. The first-order chi connectivity index (χ1) is 15.7. The number of aryl methyl sites for hydroxylation is 1. The molecule has 0 spiro atoms. The topological polar surface area (TPSA) is 122 Å². The number of rotatable bonds is 7. The van der Waals surface area contributed by atoms with Crippen LogP contribution in [0.15, 0.2) is 53.4 Å². The van der Waals surface area contributed by atoms with Crippen LogP contribution in [0.1, 0.15) is 34.3 Å². The number of nitrogens with one attached hydrogen (secondary N) is 2. The summed E-state index contributed by atoms with van der Waals surface area (Å²) in [7, 11) is 0. The number of nitro benzene ring substituents is 1. The summed E-state index contributed by atoms with van der Waals surface area (Å²) in [6.07, 6.45) is 2.21. The van der Waals surface area contributed by atoms with Crippen LogP contribution in [0.4, 0.5) is 5.69 Å². The minimum absolute atomic E-state index is 0.0641. The average molecular weight is 485 g/mol. The molecule has 1 aliphatic heterocycles. The Balaban J connectivity index is 1.44. The number of carbonyl (C=O) groups excluding carboxylic acids is 3. The molecule has 0 aliphatic carbocycles. The van der Waals surface area contributed by atoms with E-state index in [0.717, 1.165) is 11.1 Å². The summed E-state index contributed by atoms with van der Waals surface area (Å²) in [5.74, 6) is -1.24. The van der Waals surface area contributed by atoms with Crippen LogP contribution < -0.4 is 10.9 Å². The standard InChI is InChI=1S/C22H20N4O5S2/c1-14-4-6-15(7-5-14)13-18-21(29)25(22(32)33-18)12-2-3-19(27)23-24-20(28)16-8-10-17(11-9-16)26(30)31/h4-11,13H,2-3,12H2,1H3,(H,23,27)(H,24,28)/b18-13+. The Morgan fingerprint density at radius 3 is 2.42 bits per heavy atom. The Bertz CT molecular complexity index is 1130. The largest absolute Gasteiger partial charge is 0.293 e. The highest BCUT2D eigenvalue weighted by molar-refractivity contribution is 8.26. The first-order valence-corrected chi connectivity index (χ1v) is 11.1. The first-order valence-electron chi connectivity index (χ1n) is 9.90. The van der Waals surface area contributed by atoms with Gasteiger partial charge in [0.25, 0.3) is 17.5 Å². The maximum atomic E-state index is 12.7. The molecule has 33 heavy (non-hydrogen) atoms. The summed E-state index contributed by atoms with van der Waals surface area (Å²) in [5, 5.41) is 10.7. The molecule has 2 N–H and O–H groups in total. The van der Waals surface area contributed by atoms with Crippen molar-refractivity contribution in [3.8, 4) is 0 Å². The Hall–Kier alpha value is -3.57. The van der Waals surface area contributed by atoms with Gasteiger partial charge in [0, 0.05) is 30.7 Å². The number of benzene rings is 2. The van der Waals surface area contributed by atoms with Gasteiger partial charge in [0.2, 0.25) is 5.91 Å². The number of nitrogens with zero attached hydrogens (tertiary/aromatic N) is 2. The van der Waals surface area contributed by atoms with Gasteiger partial charge < -0.3 is 0 Å². The van der Waals surface area contributed by atoms with Gasteiger partial charge in [-0.05, 0) is 37.1 Å². The second-order valence-electron chi connectivity index (χ2n) is 7.15.